The van der Waals surface area contributed by atoms with E-state index in [9.17, 15) is 38.7 Å². The van der Waals surface area contributed by atoms with Crippen LogP contribution >= 0.6 is 0 Å². The van der Waals surface area contributed by atoms with Crippen LogP contribution in [0.1, 0.15) is 46.0 Å². The number of aliphatic carboxylic acids is 2. The summed E-state index contributed by atoms with van der Waals surface area (Å²) in [4.78, 5) is 82.2. The molecule has 0 aliphatic rings. The highest BCUT2D eigenvalue weighted by Gasteiger charge is 2.32. The average molecular weight is 488 g/mol. The van der Waals surface area contributed by atoms with Crippen molar-refractivity contribution in [2.45, 2.75) is 70.1 Å². The Balaban J connectivity index is 5.56. The fraction of sp³-hybridized carbons (Fsp3) is 0.632. The van der Waals surface area contributed by atoms with Crippen molar-refractivity contribution in [1.82, 2.24) is 16.0 Å². The van der Waals surface area contributed by atoms with Crippen molar-refractivity contribution in [3.63, 3.8) is 0 Å². The molecule has 0 aromatic carbocycles. The average Bonchev–Trinajstić information content (AvgIpc) is 2.70. The van der Waals surface area contributed by atoms with Gasteiger partial charge in [-0.25, -0.2) is 4.79 Å². The first-order valence-electron chi connectivity index (χ1n) is 10.3. The molecule has 0 aliphatic carbocycles. The van der Waals surface area contributed by atoms with Gasteiger partial charge in [-0.15, -0.1) is 0 Å². The summed E-state index contributed by atoms with van der Waals surface area (Å²) in [5.74, 6) is -7.74. The molecule has 0 aliphatic heterocycles. The van der Waals surface area contributed by atoms with Gasteiger partial charge in [-0.05, 0) is 18.8 Å². The Morgan fingerprint density at radius 1 is 0.735 bits per heavy atom. The first-order valence-corrected chi connectivity index (χ1v) is 10.3. The van der Waals surface area contributed by atoms with Gasteiger partial charge in [0.15, 0.2) is 0 Å². The van der Waals surface area contributed by atoms with Gasteiger partial charge in [0.05, 0.1) is 12.5 Å². The Bertz CT molecular complexity index is 801. The van der Waals surface area contributed by atoms with Crippen LogP contribution in [0.3, 0.4) is 0 Å². The quantitative estimate of drug-likeness (QED) is 0.106. The molecule has 0 radical (unpaired) electrons. The van der Waals surface area contributed by atoms with Gasteiger partial charge in [0, 0.05) is 12.8 Å². The Morgan fingerprint density at radius 2 is 1.26 bits per heavy atom. The minimum Gasteiger partial charge on any atom is -0.481 e. The summed E-state index contributed by atoms with van der Waals surface area (Å²) in [6.45, 7) is 3.06. The highest BCUT2D eigenvalue weighted by atomic mass is 16.4. The zero-order valence-corrected chi connectivity index (χ0v) is 18.9. The molecule has 192 valence electrons. The van der Waals surface area contributed by atoms with E-state index >= 15 is 0 Å². The zero-order chi connectivity index (χ0) is 26.6. The third kappa shape index (κ3) is 11.8. The Morgan fingerprint density at radius 3 is 1.71 bits per heavy atom. The lowest BCUT2D eigenvalue weighted by Gasteiger charge is -2.25. The van der Waals surface area contributed by atoms with E-state index in [4.69, 9.17) is 22.3 Å². The molecule has 0 saturated heterocycles. The van der Waals surface area contributed by atoms with Crippen molar-refractivity contribution in [1.29, 1.82) is 0 Å². The summed E-state index contributed by atoms with van der Waals surface area (Å²) in [5, 5.41) is 24.6. The maximum atomic E-state index is 12.8. The van der Waals surface area contributed by atoms with Crippen molar-refractivity contribution in [3.05, 3.63) is 0 Å². The lowest BCUT2D eigenvalue weighted by molar-refractivity contribution is -0.143. The Labute approximate surface area is 195 Å². The number of hydrogen-bond donors (Lipinski definition) is 8. The van der Waals surface area contributed by atoms with Crippen molar-refractivity contribution in [2.75, 3.05) is 0 Å². The predicted octanol–water partition coefficient (Wildman–Crippen LogP) is -3.49. The number of hydrogen-bond acceptors (Lipinski definition) is 8. The number of carboxylic acid groups (broad SMARTS) is 2. The molecule has 15 heteroatoms. The van der Waals surface area contributed by atoms with Crippen LogP contribution in [0.15, 0.2) is 0 Å². The first kappa shape index (κ1) is 30.2. The Kier molecular flexibility index (Phi) is 12.8. The molecule has 4 unspecified atom stereocenters. The van der Waals surface area contributed by atoms with Crippen LogP contribution in [0.2, 0.25) is 0 Å². The van der Waals surface area contributed by atoms with Gasteiger partial charge in [-0.1, -0.05) is 13.8 Å². The topological polar surface area (TPSA) is 274 Å². The SMILES string of the molecule is CC(C)C(NC(=O)C(CC(N)=O)NC(=O)C(CCC(N)=O)NC(=O)C(N)CCC(=O)O)C(=O)O. The predicted molar refractivity (Wildman–Crippen MR) is 115 cm³/mol. The molecule has 0 aromatic heterocycles. The smallest absolute Gasteiger partial charge is 0.326 e. The van der Waals surface area contributed by atoms with Crippen LogP contribution in [0.25, 0.3) is 0 Å². The number of rotatable bonds is 16. The molecular formula is C19H32N6O9. The van der Waals surface area contributed by atoms with Crippen molar-refractivity contribution < 1.29 is 43.8 Å². The summed E-state index contributed by atoms with van der Waals surface area (Å²) in [6.07, 6.45) is -1.97. The monoisotopic (exact) mass is 488 g/mol. The van der Waals surface area contributed by atoms with Gasteiger partial charge in [-0.2, -0.15) is 0 Å². The van der Waals surface area contributed by atoms with Gasteiger partial charge < -0.3 is 43.4 Å². The molecule has 34 heavy (non-hydrogen) atoms. The minimum absolute atomic E-state index is 0.232. The molecule has 11 N–H and O–H groups in total. The first-order chi connectivity index (χ1) is 15.6. The maximum absolute atomic E-state index is 12.8. The largest absolute Gasteiger partial charge is 0.481 e. The third-order valence-corrected chi connectivity index (χ3v) is 4.59. The number of carbonyl (C=O) groups is 7. The summed E-state index contributed by atoms with van der Waals surface area (Å²) in [5.41, 5.74) is 15.8. The standard InChI is InChI=1S/C19H32N6O9/c1-8(2)15(19(33)34)25-18(32)11(7-13(22)27)24-17(31)10(4-5-12(21)26)23-16(30)9(20)3-6-14(28)29/h8-11,15H,3-7,20H2,1-2H3,(H2,21,26)(H2,22,27)(H,23,30)(H,24,31)(H,25,32)(H,28,29)(H,33,34). The zero-order valence-electron chi connectivity index (χ0n) is 18.9. The molecule has 0 fully saturated rings. The molecule has 0 rings (SSSR count). The van der Waals surface area contributed by atoms with E-state index < -0.39 is 84.4 Å². The second kappa shape index (κ2) is 14.4. The molecule has 4 atom stereocenters. The van der Waals surface area contributed by atoms with E-state index in [0.29, 0.717) is 0 Å². The fourth-order valence-corrected chi connectivity index (χ4v) is 2.69. The number of carbonyl (C=O) groups excluding carboxylic acids is 5. The fourth-order valence-electron chi connectivity index (χ4n) is 2.69. The van der Waals surface area contributed by atoms with E-state index in [2.05, 4.69) is 16.0 Å². The van der Waals surface area contributed by atoms with Crippen LogP contribution in [-0.2, 0) is 33.6 Å². The van der Waals surface area contributed by atoms with Crippen LogP contribution in [-0.4, -0.2) is 75.9 Å². The second-order valence-corrected chi connectivity index (χ2v) is 7.91. The summed E-state index contributed by atoms with van der Waals surface area (Å²) < 4.78 is 0. The van der Waals surface area contributed by atoms with Gasteiger partial charge in [0.25, 0.3) is 0 Å². The van der Waals surface area contributed by atoms with E-state index in [0.717, 1.165) is 0 Å². The molecule has 0 spiro atoms. The van der Waals surface area contributed by atoms with Crippen LogP contribution in [0.4, 0.5) is 0 Å². The van der Waals surface area contributed by atoms with Crippen molar-refractivity contribution >= 4 is 41.5 Å². The van der Waals surface area contributed by atoms with Crippen molar-refractivity contribution in [2.24, 2.45) is 23.1 Å². The second-order valence-electron chi connectivity index (χ2n) is 7.91. The van der Waals surface area contributed by atoms with Crippen molar-refractivity contribution in [3.8, 4) is 0 Å². The molecule has 0 aromatic rings. The number of nitrogens with two attached hydrogens (primary N) is 3. The molecule has 0 bridgehead atoms. The highest BCUT2D eigenvalue weighted by Crippen LogP contribution is 2.06. The normalized spacial score (nSPS) is 14.2. The Hall–Kier alpha value is -3.75. The molecule has 0 heterocycles. The lowest BCUT2D eigenvalue weighted by Crippen LogP contribution is -2.58. The van der Waals surface area contributed by atoms with Crippen LogP contribution in [0, 0.1) is 5.92 Å². The van der Waals surface area contributed by atoms with Gasteiger partial charge >= 0.3 is 11.9 Å². The van der Waals surface area contributed by atoms with E-state index in [1.54, 1.807) is 0 Å². The molecular weight excluding hydrogens is 456 g/mol. The van der Waals surface area contributed by atoms with Gasteiger partial charge in [-0.3, -0.25) is 28.8 Å². The highest BCUT2D eigenvalue weighted by molar-refractivity contribution is 5.96. The van der Waals surface area contributed by atoms with E-state index in [1.165, 1.54) is 13.8 Å². The molecule has 15 nitrogen and oxygen atoms in total. The summed E-state index contributed by atoms with van der Waals surface area (Å²) >= 11 is 0. The minimum atomic E-state index is -1.58. The number of primary amides is 2. The third-order valence-electron chi connectivity index (χ3n) is 4.59. The number of carboxylic acids is 2. The van der Waals surface area contributed by atoms with Crippen LogP contribution in [0.5, 0.6) is 0 Å². The lowest BCUT2D eigenvalue weighted by atomic mass is 10.0. The molecule has 0 saturated carbocycles. The summed E-state index contributed by atoms with van der Waals surface area (Å²) in [7, 11) is 0. The summed E-state index contributed by atoms with van der Waals surface area (Å²) in [6, 6.07) is -5.62. The number of nitrogens with one attached hydrogen (secondary N) is 3. The van der Waals surface area contributed by atoms with Gasteiger partial charge in [0.1, 0.15) is 18.1 Å². The number of amides is 5. The maximum Gasteiger partial charge on any atom is 0.326 e. The van der Waals surface area contributed by atoms with E-state index in [1.807, 2.05) is 0 Å². The van der Waals surface area contributed by atoms with Crippen LogP contribution < -0.4 is 33.2 Å². The van der Waals surface area contributed by atoms with E-state index in [-0.39, 0.29) is 19.3 Å². The molecule has 5 amide bonds. The van der Waals surface area contributed by atoms with Gasteiger partial charge in [0.2, 0.25) is 29.5 Å².